The third-order valence-electron chi connectivity index (χ3n) is 2.53. The normalized spacial score (nSPS) is 10.1. The van der Waals surface area contributed by atoms with E-state index in [1.165, 1.54) is 7.11 Å². The van der Waals surface area contributed by atoms with Crippen LogP contribution in [-0.4, -0.2) is 13.1 Å². The maximum atomic E-state index is 11.5. The molecule has 0 atom stereocenters. The quantitative estimate of drug-likeness (QED) is 0.666. The summed E-state index contributed by atoms with van der Waals surface area (Å²) < 4.78 is 4.69. The Morgan fingerprint density at radius 1 is 1.17 bits per heavy atom. The van der Waals surface area contributed by atoms with Gasteiger partial charge in [0.1, 0.15) is 0 Å². The van der Waals surface area contributed by atoms with Crippen LogP contribution in [0.2, 0.25) is 5.02 Å². The fraction of sp³-hybridized carbons (Fsp3) is 0.0714. The minimum absolute atomic E-state index is 0.412. The first-order valence-corrected chi connectivity index (χ1v) is 5.73. The van der Waals surface area contributed by atoms with E-state index in [9.17, 15) is 4.79 Å². The van der Waals surface area contributed by atoms with Gasteiger partial charge < -0.3 is 10.5 Å². The molecule has 0 fully saturated rings. The second-order valence-electron chi connectivity index (χ2n) is 3.85. The van der Waals surface area contributed by atoms with Gasteiger partial charge in [0.15, 0.2) is 0 Å². The van der Waals surface area contributed by atoms with E-state index in [1.54, 1.807) is 24.3 Å². The van der Waals surface area contributed by atoms with Crippen LogP contribution in [0.25, 0.3) is 11.1 Å². The van der Waals surface area contributed by atoms with E-state index in [2.05, 4.69) is 4.74 Å². The molecule has 0 heterocycles. The van der Waals surface area contributed by atoms with Crippen LogP contribution in [0, 0.1) is 0 Å². The van der Waals surface area contributed by atoms with Gasteiger partial charge in [0.25, 0.3) is 0 Å². The molecule has 0 aliphatic rings. The van der Waals surface area contributed by atoms with Gasteiger partial charge in [-0.05, 0) is 41.5 Å². The Bertz CT molecular complexity index is 596. The monoisotopic (exact) mass is 261 g/mol. The first kappa shape index (κ1) is 12.5. The van der Waals surface area contributed by atoms with E-state index in [-0.39, 0.29) is 0 Å². The maximum absolute atomic E-state index is 11.5. The number of esters is 1. The van der Waals surface area contributed by atoms with E-state index in [4.69, 9.17) is 17.3 Å². The van der Waals surface area contributed by atoms with Crippen LogP contribution in [0.1, 0.15) is 10.4 Å². The third kappa shape index (κ3) is 2.63. The van der Waals surface area contributed by atoms with Crippen molar-refractivity contribution < 1.29 is 9.53 Å². The molecular formula is C14H12ClNO2. The van der Waals surface area contributed by atoms with Crippen LogP contribution >= 0.6 is 11.6 Å². The van der Waals surface area contributed by atoms with Gasteiger partial charge in [-0.1, -0.05) is 23.7 Å². The van der Waals surface area contributed by atoms with Crippen molar-refractivity contribution in [3.63, 3.8) is 0 Å². The average Bonchev–Trinajstić information content (AvgIpc) is 2.37. The summed E-state index contributed by atoms with van der Waals surface area (Å²) in [5.41, 5.74) is 8.45. The molecule has 2 aromatic rings. The number of hydrogen-bond donors (Lipinski definition) is 1. The van der Waals surface area contributed by atoms with Gasteiger partial charge in [-0.15, -0.1) is 0 Å². The van der Waals surface area contributed by atoms with Gasteiger partial charge in [0, 0.05) is 10.7 Å². The molecule has 92 valence electrons. The zero-order valence-electron chi connectivity index (χ0n) is 9.81. The number of carbonyl (C=O) groups is 1. The molecule has 0 unspecified atom stereocenters. The van der Waals surface area contributed by atoms with Crippen molar-refractivity contribution in [2.24, 2.45) is 0 Å². The van der Waals surface area contributed by atoms with E-state index in [0.29, 0.717) is 16.3 Å². The molecule has 3 nitrogen and oxygen atoms in total. The Morgan fingerprint density at radius 2 is 1.94 bits per heavy atom. The summed E-state index contributed by atoms with van der Waals surface area (Å²) in [5, 5.41) is 0.634. The molecule has 18 heavy (non-hydrogen) atoms. The summed E-state index contributed by atoms with van der Waals surface area (Å²) in [6.07, 6.45) is 0. The minimum Gasteiger partial charge on any atom is -0.465 e. The maximum Gasteiger partial charge on any atom is 0.337 e. The number of rotatable bonds is 2. The van der Waals surface area contributed by atoms with Crippen molar-refractivity contribution in [2.75, 3.05) is 12.8 Å². The summed E-state index contributed by atoms with van der Waals surface area (Å²) in [6, 6.07) is 12.5. The van der Waals surface area contributed by atoms with Gasteiger partial charge in [0.05, 0.1) is 12.7 Å². The topological polar surface area (TPSA) is 52.3 Å². The Balaban J connectivity index is 2.51. The van der Waals surface area contributed by atoms with Gasteiger partial charge in [-0.2, -0.15) is 0 Å². The summed E-state index contributed by atoms with van der Waals surface area (Å²) in [5.74, 6) is -0.412. The molecule has 0 aromatic heterocycles. The second-order valence-corrected chi connectivity index (χ2v) is 4.28. The summed E-state index contributed by atoms with van der Waals surface area (Å²) in [6.45, 7) is 0. The number of nitrogens with two attached hydrogens (primary N) is 1. The third-order valence-corrected chi connectivity index (χ3v) is 2.77. The lowest BCUT2D eigenvalue weighted by molar-refractivity contribution is 0.0601. The standard InChI is InChI=1S/C14H12ClNO2/c1-18-14(17)11-5-10(7-13(16)8-11)9-3-2-4-12(15)6-9/h2-8H,16H2,1H3. The number of carbonyl (C=O) groups excluding carboxylic acids is 1. The fourth-order valence-electron chi connectivity index (χ4n) is 1.72. The largest absolute Gasteiger partial charge is 0.465 e. The fourth-order valence-corrected chi connectivity index (χ4v) is 1.91. The predicted molar refractivity (Wildman–Crippen MR) is 72.6 cm³/mol. The van der Waals surface area contributed by atoms with Crippen molar-refractivity contribution in [1.82, 2.24) is 0 Å². The van der Waals surface area contributed by atoms with Crippen LogP contribution in [0.5, 0.6) is 0 Å². The van der Waals surface area contributed by atoms with Crippen molar-refractivity contribution in [2.45, 2.75) is 0 Å². The molecular weight excluding hydrogens is 250 g/mol. The van der Waals surface area contributed by atoms with Gasteiger partial charge in [-0.3, -0.25) is 0 Å². The highest BCUT2D eigenvalue weighted by Gasteiger charge is 2.09. The van der Waals surface area contributed by atoms with Crippen molar-refractivity contribution in [3.8, 4) is 11.1 Å². The highest BCUT2D eigenvalue weighted by Crippen LogP contribution is 2.26. The lowest BCUT2D eigenvalue weighted by atomic mass is 10.0. The minimum atomic E-state index is -0.412. The molecule has 0 bridgehead atoms. The number of methoxy groups -OCH3 is 1. The van der Waals surface area contributed by atoms with Gasteiger partial charge in [-0.25, -0.2) is 4.79 Å². The number of ether oxygens (including phenoxy) is 1. The molecule has 4 heteroatoms. The number of benzene rings is 2. The van der Waals surface area contributed by atoms with Crippen molar-refractivity contribution in [1.29, 1.82) is 0 Å². The van der Waals surface area contributed by atoms with Crippen LogP contribution in [-0.2, 0) is 4.74 Å². The first-order chi connectivity index (χ1) is 8.60. The number of anilines is 1. The van der Waals surface area contributed by atoms with E-state index in [1.807, 2.05) is 18.2 Å². The summed E-state index contributed by atoms with van der Waals surface area (Å²) >= 11 is 5.94. The Hall–Kier alpha value is -2.00. The zero-order chi connectivity index (χ0) is 13.1. The first-order valence-electron chi connectivity index (χ1n) is 5.35. The van der Waals surface area contributed by atoms with Crippen LogP contribution in [0.15, 0.2) is 42.5 Å². The number of hydrogen-bond acceptors (Lipinski definition) is 3. The van der Waals surface area contributed by atoms with E-state index in [0.717, 1.165) is 11.1 Å². The lowest BCUT2D eigenvalue weighted by Crippen LogP contribution is -2.02. The van der Waals surface area contributed by atoms with Crippen LogP contribution < -0.4 is 5.73 Å². The van der Waals surface area contributed by atoms with Crippen molar-refractivity contribution >= 4 is 23.3 Å². The van der Waals surface area contributed by atoms with Gasteiger partial charge >= 0.3 is 5.97 Å². The SMILES string of the molecule is COC(=O)c1cc(N)cc(-c2cccc(Cl)c2)c1. The Labute approximate surface area is 110 Å². The van der Waals surface area contributed by atoms with Crippen LogP contribution in [0.4, 0.5) is 5.69 Å². The van der Waals surface area contributed by atoms with Crippen LogP contribution in [0.3, 0.4) is 0 Å². The number of halogens is 1. The zero-order valence-corrected chi connectivity index (χ0v) is 10.6. The van der Waals surface area contributed by atoms with Gasteiger partial charge in [0.2, 0.25) is 0 Å². The average molecular weight is 262 g/mol. The Morgan fingerprint density at radius 3 is 2.61 bits per heavy atom. The number of nitrogen functional groups attached to an aromatic ring is 1. The Kier molecular flexibility index (Phi) is 3.53. The summed E-state index contributed by atoms with van der Waals surface area (Å²) in [4.78, 5) is 11.5. The molecule has 0 aliphatic heterocycles. The molecule has 0 amide bonds. The van der Waals surface area contributed by atoms with Crippen molar-refractivity contribution in [3.05, 3.63) is 53.1 Å². The predicted octanol–water partition coefficient (Wildman–Crippen LogP) is 3.38. The molecule has 2 aromatic carbocycles. The van der Waals surface area contributed by atoms with E-state index >= 15 is 0 Å². The molecule has 2 rings (SSSR count). The highest BCUT2D eigenvalue weighted by atomic mass is 35.5. The lowest BCUT2D eigenvalue weighted by Gasteiger charge is -2.07. The molecule has 2 N–H and O–H groups in total. The summed E-state index contributed by atoms with van der Waals surface area (Å²) in [7, 11) is 1.34. The molecule has 0 spiro atoms. The second kappa shape index (κ2) is 5.10. The smallest absolute Gasteiger partial charge is 0.337 e. The molecule has 0 radical (unpaired) electrons. The molecule has 0 saturated carbocycles. The molecule has 0 saturated heterocycles. The highest BCUT2D eigenvalue weighted by molar-refractivity contribution is 6.30. The molecule has 0 aliphatic carbocycles. The van der Waals surface area contributed by atoms with E-state index < -0.39 is 5.97 Å².